The van der Waals surface area contributed by atoms with E-state index in [2.05, 4.69) is 33.8 Å². The first-order chi connectivity index (χ1) is 1.73. The van der Waals surface area contributed by atoms with E-state index in [0.717, 1.165) is 0 Å². The van der Waals surface area contributed by atoms with Crippen LogP contribution in [-0.4, -0.2) is 10.7 Å². The van der Waals surface area contributed by atoms with Crippen LogP contribution >= 0.6 is 28.0 Å². The van der Waals surface area contributed by atoms with E-state index in [1.807, 2.05) is 0 Å². The predicted octanol–water partition coefficient (Wildman–Crippen LogP) is 1.63. The van der Waals surface area contributed by atoms with Gasteiger partial charge in [-0.05, 0) is 0 Å². The fourth-order valence-electron chi connectivity index (χ4n) is 0. The van der Waals surface area contributed by atoms with Crippen LogP contribution in [0.3, 0.4) is 0 Å². The van der Waals surface area contributed by atoms with Crippen LogP contribution in [0.1, 0.15) is 0 Å². The van der Waals surface area contributed by atoms with Crippen molar-refractivity contribution in [2.75, 3.05) is 0 Å². The Balaban J connectivity index is 2.32. The molecule has 0 rings (SSSR count). The van der Waals surface area contributed by atoms with Crippen LogP contribution in [-0.2, 0) is 0 Å². The number of halogens is 2. The summed E-state index contributed by atoms with van der Waals surface area (Å²) in [6.07, 6.45) is 0. The number of hydrogen-bond acceptors (Lipinski definition) is 0. The average Bonchev–Trinajstić information content (AvgIpc) is 0.811. The van der Waals surface area contributed by atoms with Gasteiger partial charge in [0.15, 0.2) is 0 Å². The Bertz CT molecular complexity index is 10.8. The normalized spacial score (nSPS) is 9.00. The van der Waals surface area contributed by atoms with Gasteiger partial charge in [-0.1, -0.05) is 0 Å². The Hall–Kier alpha value is 1.50. The first-order valence-corrected chi connectivity index (χ1v) is 14.8. The van der Waals surface area contributed by atoms with Gasteiger partial charge in [0, 0.05) is 0 Å². The average molecular weight is 248 g/mol. The summed E-state index contributed by atoms with van der Waals surface area (Å²) in [7, 11) is -0.854. The van der Waals surface area contributed by atoms with Gasteiger partial charge in [-0.15, -0.1) is 0 Å². The third-order valence-corrected chi connectivity index (χ3v) is 0. The molecule has 0 aromatic carbocycles. The molecular weight excluding hydrogens is 244 g/mol. The molecule has 4 heavy (non-hydrogen) atoms. The van der Waals surface area contributed by atoms with Gasteiger partial charge >= 0.3 is 44.4 Å². The summed E-state index contributed by atoms with van der Waals surface area (Å²) >= 11 is 6.75. The van der Waals surface area contributed by atoms with E-state index in [4.69, 9.17) is 0 Å². The summed E-state index contributed by atoms with van der Waals surface area (Å²) in [5.41, 5.74) is 0. The molecule has 0 aromatic heterocycles. The molecule has 0 fully saturated rings. The molecule has 0 bridgehead atoms. The maximum absolute atomic E-state index is 3.38. The summed E-state index contributed by atoms with van der Waals surface area (Å²) < 4.78 is 0. The standard InChI is InChI=1S/CH4Br2Ge/c1-4(2)3/h4H,1H3. The molecule has 0 unspecified atom stereocenters. The first kappa shape index (κ1) is 5.50. The molecule has 0 aliphatic carbocycles. The van der Waals surface area contributed by atoms with E-state index in [-0.39, 0.29) is 0 Å². The van der Waals surface area contributed by atoms with Crippen LogP contribution in [0.15, 0.2) is 0 Å². The van der Waals surface area contributed by atoms with E-state index in [1.165, 1.54) is 0 Å². The molecule has 0 saturated carbocycles. The van der Waals surface area contributed by atoms with Crippen molar-refractivity contribution in [3.05, 3.63) is 0 Å². The SMILES string of the molecule is [CH3][GeH]([Br])[Br]. The van der Waals surface area contributed by atoms with E-state index < -0.39 is 10.7 Å². The molecule has 0 aromatic rings. The molecule has 0 amide bonds. The summed E-state index contributed by atoms with van der Waals surface area (Å²) in [6, 6.07) is 0. The minimum absolute atomic E-state index is 0.854. The third kappa shape index (κ3) is 9.72. The van der Waals surface area contributed by atoms with Gasteiger partial charge in [0.1, 0.15) is 0 Å². The topological polar surface area (TPSA) is 0 Å². The second-order valence-electron chi connectivity index (χ2n) is 0.519. The zero-order valence-corrected chi connectivity index (χ0v) is 7.93. The van der Waals surface area contributed by atoms with Crippen LogP contribution in [0.2, 0.25) is 5.76 Å². The fourth-order valence-corrected chi connectivity index (χ4v) is 0. The molecule has 0 aliphatic heterocycles. The first-order valence-electron chi connectivity index (χ1n) is 1.01. The Morgan fingerprint density at radius 3 is 1.50 bits per heavy atom. The zero-order chi connectivity index (χ0) is 3.58. The van der Waals surface area contributed by atoms with E-state index in [9.17, 15) is 0 Å². The van der Waals surface area contributed by atoms with E-state index in [1.54, 1.807) is 0 Å². The molecule has 26 valence electrons. The van der Waals surface area contributed by atoms with Crippen molar-refractivity contribution in [1.82, 2.24) is 0 Å². The fraction of sp³-hybridized carbons (Fsp3) is 1.00. The van der Waals surface area contributed by atoms with E-state index >= 15 is 0 Å². The second kappa shape index (κ2) is 2.72. The Labute approximate surface area is 44.3 Å². The summed E-state index contributed by atoms with van der Waals surface area (Å²) in [4.78, 5) is 0. The molecule has 0 aliphatic rings. The molecular formula is CH4Br2Ge. The summed E-state index contributed by atoms with van der Waals surface area (Å²) in [5, 5.41) is 0. The van der Waals surface area contributed by atoms with E-state index in [0.29, 0.717) is 0 Å². The monoisotopic (exact) mass is 248 g/mol. The van der Waals surface area contributed by atoms with Crippen LogP contribution in [0.25, 0.3) is 0 Å². The zero-order valence-electron chi connectivity index (χ0n) is 2.33. The van der Waals surface area contributed by atoms with Crippen molar-refractivity contribution in [3.63, 3.8) is 0 Å². The van der Waals surface area contributed by atoms with Crippen molar-refractivity contribution in [2.45, 2.75) is 5.76 Å². The molecule has 3 heteroatoms. The van der Waals surface area contributed by atoms with Gasteiger partial charge in [-0.25, -0.2) is 0 Å². The molecule has 0 nitrogen and oxygen atoms in total. The quantitative estimate of drug-likeness (QED) is 0.572. The second-order valence-corrected chi connectivity index (χ2v) is 23.4. The predicted molar refractivity (Wildman–Crippen MR) is 30.9 cm³/mol. The number of hydrogen-bond donors (Lipinski definition) is 0. The van der Waals surface area contributed by atoms with Crippen LogP contribution in [0.5, 0.6) is 0 Å². The molecule has 0 radical (unpaired) electrons. The molecule has 0 saturated heterocycles. The molecule has 0 heterocycles. The van der Waals surface area contributed by atoms with Crippen molar-refractivity contribution < 1.29 is 0 Å². The van der Waals surface area contributed by atoms with Crippen LogP contribution < -0.4 is 0 Å². The minimum atomic E-state index is -0.854. The van der Waals surface area contributed by atoms with Crippen LogP contribution in [0, 0.1) is 0 Å². The Kier molecular flexibility index (Phi) is 3.75. The van der Waals surface area contributed by atoms with Gasteiger partial charge in [0.05, 0.1) is 0 Å². The third-order valence-electron chi connectivity index (χ3n) is 0. The Morgan fingerprint density at radius 2 is 1.50 bits per heavy atom. The van der Waals surface area contributed by atoms with Gasteiger partial charge < -0.3 is 0 Å². The van der Waals surface area contributed by atoms with Gasteiger partial charge in [0.25, 0.3) is 0 Å². The summed E-state index contributed by atoms with van der Waals surface area (Å²) in [5.74, 6) is 2.19. The molecule has 0 atom stereocenters. The van der Waals surface area contributed by atoms with Gasteiger partial charge in [-0.2, -0.15) is 0 Å². The summed E-state index contributed by atoms with van der Waals surface area (Å²) in [6.45, 7) is 0. The molecule has 0 N–H and O–H groups in total. The Morgan fingerprint density at radius 1 is 1.50 bits per heavy atom. The van der Waals surface area contributed by atoms with Crippen molar-refractivity contribution >= 4 is 38.7 Å². The van der Waals surface area contributed by atoms with Crippen molar-refractivity contribution in [1.29, 1.82) is 0 Å². The van der Waals surface area contributed by atoms with Crippen molar-refractivity contribution in [2.24, 2.45) is 0 Å². The number of rotatable bonds is 0. The van der Waals surface area contributed by atoms with Gasteiger partial charge in [-0.3, -0.25) is 0 Å². The maximum atomic E-state index is 3.38. The molecule has 0 spiro atoms. The van der Waals surface area contributed by atoms with Crippen molar-refractivity contribution in [3.8, 4) is 0 Å². The van der Waals surface area contributed by atoms with Crippen LogP contribution in [0.4, 0.5) is 0 Å². The van der Waals surface area contributed by atoms with Gasteiger partial charge in [0.2, 0.25) is 0 Å².